The molecule has 1 heterocycles. The summed E-state index contributed by atoms with van der Waals surface area (Å²) in [6.45, 7) is 7.56. The average Bonchev–Trinajstić information content (AvgIpc) is 2.80. The summed E-state index contributed by atoms with van der Waals surface area (Å²) in [6, 6.07) is 0. The molecule has 2 unspecified atom stereocenters. The van der Waals surface area contributed by atoms with Crippen LogP contribution >= 0.6 is 22.6 Å². The average molecular weight is 500 g/mol. The first-order chi connectivity index (χ1) is 13.0. The summed E-state index contributed by atoms with van der Waals surface area (Å²) in [5, 5.41) is 18.9. The lowest BCUT2D eigenvalue weighted by Crippen LogP contribution is -2.69. The lowest BCUT2D eigenvalue weighted by molar-refractivity contribution is -0.174. The van der Waals surface area contributed by atoms with Crippen molar-refractivity contribution in [1.82, 2.24) is 20.4 Å². The minimum Gasteiger partial charge on any atom is -0.465 e. The molecule has 0 saturated heterocycles. The predicted octanol–water partition coefficient (Wildman–Crippen LogP) is 3.30. The lowest BCUT2D eigenvalue weighted by Gasteiger charge is -2.69. The number of nitrogens with one attached hydrogen (secondary N) is 2. The number of hydrogen-bond acceptors (Lipinski definition) is 3. The van der Waals surface area contributed by atoms with E-state index >= 15 is 0 Å². The fourth-order valence-electron chi connectivity index (χ4n) is 7.64. The summed E-state index contributed by atoms with van der Waals surface area (Å²) in [4.78, 5) is 23.3. The highest BCUT2D eigenvalue weighted by molar-refractivity contribution is 14.1. The van der Waals surface area contributed by atoms with E-state index in [1.165, 1.54) is 15.7 Å². The van der Waals surface area contributed by atoms with E-state index in [4.69, 9.17) is 5.11 Å². The maximum atomic E-state index is 12.5. The van der Waals surface area contributed by atoms with E-state index < -0.39 is 6.09 Å². The van der Waals surface area contributed by atoms with Gasteiger partial charge in [-0.05, 0) is 84.3 Å². The van der Waals surface area contributed by atoms with Gasteiger partial charge in [0.25, 0.3) is 0 Å². The van der Waals surface area contributed by atoms with Crippen molar-refractivity contribution in [3.05, 3.63) is 15.5 Å². The maximum Gasteiger partial charge on any atom is 0.405 e. The summed E-state index contributed by atoms with van der Waals surface area (Å²) >= 11 is 2.33. The van der Waals surface area contributed by atoms with Crippen LogP contribution in [0, 0.1) is 26.7 Å². The van der Waals surface area contributed by atoms with Gasteiger partial charge < -0.3 is 15.7 Å². The van der Waals surface area contributed by atoms with Crippen LogP contribution in [0.1, 0.15) is 58.1 Å². The number of aromatic nitrogens is 2. The number of amides is 2. The molecule has 7 nitrogen and oxygen atoms in total. The number of nitrogens with zero attached hydrogens (tertiary/aromatic N) is 2. The van der Waals surface area contributed by atoms with E-state index in [0.29, 0.717) is 0 Å². The van der Waals surface area contributed by atoms with Gasteiger partial charge in [0, 0.05) is 17.8 Å². The summed E-state index contributed by atoms with van der Waals surface area (Å²) in [7, 11) is 0. The van der Waals surface area contributed by atoms with Gasteiger partial charge in [-0.1, -0.05) is 13.8 Å². The number of carbonyl (C=O) groups excluding carboxylic acids is 1. The van der Waals surface area contributed by atoms with Crippen molar-refractivity contribution >= 4 is 34.6 Å². The molecule has 4 aliphatic carbocycles. The number of carboxylic acid groups (broad SMARTS) is 1. The van der Waals surface area contributed by atoms with E-state index in [2.05, 4.69) is 63.8 Å². The zero-order valence-corrected chi connectivity index (χ0v) is 18.9. The quantitative estimate of drug-likeness (QED) is 0.541. The minimum absolute atomic E-state index is 0.117. The van der Waals surface area contributed by atoms with Crippen LogP contribution in [0.4, 0.5) is 4.79 Å². The Labute approximate surface area is 179 Å². The molecule has 0 spiro atoms. The van der Waals surface area contributed by atoms with Gasteiger partial charge in [-0.25, -0.2) is 4.79 Å². The van der Waals surface area contributed by atoms with Crippen molar-refractivity contribution in [1.29, 1.82) is 0 Å². The van der Waals surface area contributed by atoms with E-state index in [1.807, 2.05) is 6.20 Å². The third-order valence-electron chi connectivity index (χ3n) is 7.03. The van der Waals surface area contributed by atoms with E-state index in [-0.39, 0.29) is 34.2 Å². The molecule has 0 aromatic carbocycles. The van der Waals surface area contributed by atoms with Crippen molar-refractivity contribution in [3.63, 3.8) is 0 Å². The molecule has 28 heavy (non-hydrogen) atoms. The van der Waals surface area contributed by atoms with Gasteiger partial charge in [-0.15, -0.1) is 0 Å². The Bertz CT molecular complexity index is 817. The standard InChI is InChI=1S/C20H29IN4O3/c1-13-14(21)4-23-25(13)12-19-7-17(2)6-18(3,8-19)10-20(9-17,11-19)24-15(26)5-22-16(27)28/h4,22H,5-12H2,1-3H3,(H,24,26)(H,27,28). The van der Waals surface area contributed by atoms with Crippen LogP contribution in [-0.2, 0) is 11.3 Å². The normalized spacial score (nSPS) is 38.4. The van der Waals surface area contributed by atoms with Crippen LogP contribution in [0.2, 0.25) is 0 Å². The largest absolute Gasteiger partial charge is 0.465 e. The molecule has 4 fully saturated rings. The topological polar surface area (TPSA) is 96.3 Å². The van der Waals surface area contributed by atoms with Crippen LogP contribution in [-0.4, -0.2) is 39.0 Å². The van der Waals surface area contributed by atoms with E-state index in [9.17, 15) is 9.59 Å². The second-order valence-electron chi connectivity index (χ2n) is 10.4. The van der Waals surface area contributed by atoms with Gasteiger partial charge in [0.05, 0.1) is 9.77 Å². The fourth-order valence-corrected chi connectivity index (χ4v) is 8.04. The Morgan fingerprint density at radius 3 is 2.36 bits per heavy atom. The third-order valence-corrected chi connectivity index (χ3v) is 8.09. The Kier molecular flexibility index (Phi) is 4.52. The Balaban J connectivity index is 1.62. The molecule has 0 radical (unpaired) electrons. The molecule has 154 valence electrons. The molecule has 3 N–H and O–H groups in total. The lowest BCUT2D eigenvalue weighted by atomic mass is 9.38. The molecule has 8 heteroatoms. The number of halogens is 1. The predicted molar refractivity (Wildman–Crippen MR) is 113 cm³/mol. The van der Waals surface area contributed by atoms with Gasteiger partial charge in [0.2, 0.25) is 5.91 Å². The summed E-state index contributed by atoms with van der Waals surface area (Å²) < 4.78 is 3.32. The molecule has 4 saturated carbocycles. The van der Waals surface area contributed by atoms with Crippen LogP contribution < -0.4 is 10.6 Å². The molecular weight excluding hydrogens is 471 g/mol. The molecule has 5 rings (SSSR count). The third kappa shape index (κ3) is 3.52. The van der Waals surface area contributed by atoms with Crippen LogP contribution in [0.5, 0.6) is 0 Å². The molecule has 2 amide bonds. The van der Waals surface area contributed by atoms with Gasteiger partial charge in [-0.3, -0.25) is 9.48 Å². The fraction of sp³-hybridized carbons (Fsp3) is 0.750. The second-order valence-corrected chi connectivity index (χ2v) is 11.6. The highest BCUT2D eigenvalue weighted by Gasteiger charge is 2.66. The van der Waals surface area contributed by atoms with Crippen molar-refractivity contribution < 1.29 is 14.7 Å². The highest BCUT2D eigenvalue weighted by Crippen LogP contribution is 2.71. The molecule has 1 aromatic rings. The zero-order valence-electron chi connectivity index (χ0n) is 16.8. The Morgan fingerprint density at radius 1 is 1.18 bits per heavy atom. The molecule has 0 aliphatic heterocycles. The zero-order chi connectivity index (χ0) is 20.4. The molecule has 2 atom stereocenters. The van der Waals surface area contributed by atoms with Gasteiger partial charge in [0.1, 0.15) is 6.54 Å². The van der Waals surface area contributed by atoms with Crippen LogP contribution in [0.3, 0.4) is 0 Å². The highest BCUT2D eigenvalue weighted by atomic mass is 127. The van der Waals surface area contributed by atoms with Crippen molar-refractivity contribution in [2.24, 2.45) is 16.2 Å². The van der Waals surface area contributed by atoms with Crippen LogP contribution in [0.15, 0.2) is 6.20 Å². The van der Waals surface area contributed by atoms with Crippen molar-refractivity contribution in [3.8, 4) is 0 Å². The van der Waals surface area contributed by atoms with Gasteiger partial charge in [-0.2, -0.15) is 5.10 Å². The molecule has 4 aliphatic rings. The number of rotatable bonds is 5. The minimum atomic E-state index is -1.17. The second kappa shape index (κ2) is 6.34. The van der Waals surface area contributed by atoms with E-state index in [1.54, 1.807) is 0 Å². The summed E-state index contributed by atoms with van der Waals surface area (Å²) in [5.41, 5.74) is 1.47. The Morgan fingerprint density at radius 2 is 1.82 bits per heavy atom. The first-order valence-corrected chi connectivity index (χ1v) is 11.0. The molecular formula is C20H29IN4O3. The van der Waals surface area contributed by atoms with Crippen molar-refractivity contribution in [2.75, 3.05) is 6.54 Å². The van der Waals surface area contributed by atoms with Gasteiger partial charge in [0.15, 0.2) is 0 Å². The number of hydrogen-bond donors (Lipinski definition) is 3. The summed E-state index contributed by atoms with van der Waals surface area (Å²) in [6.07, 6.45) is 7.18. The smallest absolute Gasteiger partial charge is 0.405 e. The monoisotopic (exact) mass is 500 g/mol. The molecule has 1 aromatic heterocycles. The van der Waals surface area contributed by atoms with E-state index in [0.717, 1.165) is 38.6 Å². The summed E-state index contributed by atoms with van der Waals surface area (Å²) in [5.74, 6) is -0.225. The Hall–Kier alpha value is -1.32. The first kappa shape index (κ1) is 20.0. The number of carbonyl (C=O) groups is 2. The SMILES string of the molecule is Cc1c(I)cnn1CC12CC3(C)CC(C)(C1)CC(NC(=O)CNC(=O)O)(C3)C2. The first-order valence-electron chi connectivity index (χ1n) is 9.91. The van der Waals surface area contributed by atoms with Gasteiger partial charge >= 0.3 is 6.09 Å². The van der Waals surface area contributed by atoms with Crippen molar-refractivity contribution in [2.45, 2.75) is 71.4 Å². The molecule has 4 bridgehead atoms. The van der Waals surface area contributed by atoms with Crippen LogP contribution in [0.25, 0.3) is 0 Å². The maximum absolute atomic E-state index is 12.5.